The van der Waals surface area contributed by atoms with Crippen LogP contribution in [0.2, 0.25) is 10.0 Å². The van der Waals surface area contributed by atoms with Crippen molar-refractivity contribution in [3.05, 3.63) is 31.6 Å². The van der Waals surface area contributed by atoms with Gasteiger partial charge in [0.2, 0.25) is 0 Å². The van der Waals surface area contributed by atoms with E-state index < -0.39 is 5.82 Å². The molecule has 0 aromatic heterocycles. The van der Waals surface area contributed by atoms with Crippen molar-refractivity contribution >= 4 is 45.8 Å². The lowest BCUT2D eigenvalue weighted by molar-refractivity contribution is 0.628. The normalized spacial score (nSPS) is 10.0. The molecule has 54 valence electrons. The van der Waals surface area contributed by atoms with Crippen LogP contribution in [0, 0.1) is 9.39 Å². The first-order valence-electron chi connectivity index (χ1n) is 2.41. The standard InChI is InChI=1S/C6H2Cl2FI/c7-3-2-6(10)4(8)1-5(3)9/h1-2H. The van der Waals surface area contributed by atoms with Crippen LogP contribution in [-0.4, -0.2) is 0 Å². The smallest absolute Gasteiger partial charge is 0.143 e. The summed E-state index contributed by atoms with van der Waals surface area (Å²) in [5.41, 5.74) is 0. The molecule has 0 spiro atoms. The number of hydrogen-bond donors (Lipinski definition) is 0. The molecule has 0 aliphatic rings. The third kappa shape index (κ3) is 1.74. The minimum Gasteiger partial charge on any atom is -0.205 e. The predicted octanol–water partition coefficient (Wildman–Crippen LogP) is 3.74. The van der Waals surface area contributed by atoms with E-state index in [1.54, 1.807) is 0 Å². The molecule has 0 atom stereocenters. The molecule has 0 nitrogen and oxygen atoms in total. The summed E-state index contributed by atoms with van der Waals surface area (Å²) in [6.45, 7) is 0. The van der Waals surface area contributed by atoms with Crippen LogP contribution in [0.15, 0.2) is 12.1 Å². The van der Waals surface area contributed by atoms with Gasteiger partial charge in [-0.25, -0.2) is 4.39 Å². The molecule has 0 radical (unpaired) electrons. The molecule has 10 heavy (non-hydrogen) atoms. The zero-order chi connectivity index (χ0) is 7.72. The molecular weight excluding hydrogens is 289 g/mol. The van der Waals surface area contributed by atoms with Gasteiger partial charge in [-0.2, -0.15) is 0 Å². The first kappa shape index (κ1) is 8.56. The van der Waals surface area contributed by atoms with Gasteiger partial charge in [0, 0.05) is 3.57 Å². The van der Waals surface area contributed by atoms with E-state index in [0.29, 0.717) is 5.02 Å². The van der Waals surface area contributed by atoms with Crippen LogP contribution in [0.4, 0.5) is 4.39 Å². The van der Waals surface area contributed by atoms with Crippen LogP contribution in [-0.2, 0) is 0 Å². The van der Waals surface area contributed by atoms with Crippen LogP contribution in [0.25, 0.3) is 0 Å². The van der Waals surface area contributed by atoms with Gasteiger partial charge >= 0.3 is 0 Å². The first-order chi connectivity index (χ1) is 4.61. The fourth-order valence-electron chi connectivity index (χ4n) is 0.498. The monoisotopic (exact) mass is 290 g/mol. The Kier molecular flexibility index (Phi) is 2.77. The number of rotatable bonds is 0. The minimum atomic E-state index is -0.480. The van der Waals surface area contributed by atoms with Gasteiger partial charge in [0.25, 0.3) is 0 Å². The average molecular weight is 291 g/mol. The van der Waals surface area contributed by atoms with Gasteiger partial charge in [-0.05, 0) is 34.7 Å². The molecule has 1 aromatic carbocycles. The van der Waals surface area contributed by atoms with E-state index in [-0.39, 0.29) is 5.02 Å². The van der Waals surface area contributed by atoms with Crippen molar-refractivity contribution in [1.82, 2.24) is 0 Å². The lowest BCUT2D eigenvalue weighted by atomic mass is 10.3. The molecular formula is C6H2Cl2FI. The van der Waals surface area contributed by atoms with E-state index in [1.165, 1.54) is 12.1 Å². The minimum absolute atomic E-state index is 0.105. The Bertz CT molecular complexity index is 212. The summed E-state index contributed by atoms with van der Waals surface area (Å²) in [5, 5.41) is 0.497. The second-order valence-electron chi connectivity index (χ2n) is 1.68. The maximum absolute atomic E-state index is 12.5. The highest BCUT2D eigenvalue weighted by Crippen LogP contribution is 2.24. The Balaban J connectivity index is 3.28. The number of benzene rings is 1. The third-order valence-corrected chi connectivity index (χ3v) is 2.78. The molecule has 0 amide bonds. The SMILES string of the molecule is Fc1cc(Cl)c(I)cc1Cl. The van der Waals surface area contributed by atoms with Crippen molar-refractivity contribution in [1.29, 1.82) is 0 Å². The van der Waals surface area contributed by atoms with Crippen LogP contribution in [0.3, 0.4) is 0 Å². The summed E-state index contributed by atoms with van der Waals surface area (Å²) in [5.74, 6) is -0.480. The largest absolute Gasteiger partial charge is 0.205 e. The zero-order valence-corrected chi connectivity index (χ0v) is 8.34. The van der Waals surface area contributed by atoms with Gasteiger partial charge in [-0.3, -0.25) is 0 Å². The average Bonchev–Trinajstić information content (AvgIpc) is 1.84. The fraction of sp³-hybridized carbons (Fsp3) is 0. The van der Waals surface area contributed by atoms with Gasteiger partial charge in [0.1, 0.15) is 5.82 Å². The van der Waals surface area contributed by atoms with Gasteiger partial charge in [-0.1, -0.05) is 23.2 Å². The topological polar surface area (TPSA) is 0 Å². The zero-order valence-electron chi connectivity index (χ0n) is 4.67. The van der Waals surface area contributed by atoms with Crippen molar-refractivity contribution in [3.63, 3.8) is 0 Å². The highest BCUT2D eigenvalue weighted by atomic mass is 127. The van der Waals surface area contributed by atoms with Gasteiger partial charge < -0.3 is 0 Å². The fourth-order valence-corrected chi connectivity index (χ4v) is 1.46. The molecule has 4 heteroatoms. The van der Waals surface area contributed by atoms with Crippen molar-refractivity contribution in [2.75, 3.05) is 0 Å². The van der Waals surface area contributed by atoms with Gasteiger partial charge in [-0.15, -0.1) is 0 Å². The van der Waals surface area contributed by atoms with E-state index in [2.05, 4.69) is 0 Å². The maximum Gasteiger partial charge on any atom is 0.143 e. The predicted molar refractivity (Wildman–Crippen MR) is 49.1 cm³/mol. The lowest BCUT2D eigenvalue weighted by Crippen LogP contribution is -1.79. The highest BCUT2D eigenvalue weighted by Gasteiger charge is 2.03. The highest BCUT2D eigenvalue weighted by molar-refractivity contribution is 14.1. The molecule has 0 unspecified atom stereocenters. The van der Waals surface area contributed by atoms with Gasteiger partial charge in [0.05, 0.1) is 10.0 Å². The van der Waals surface area contributed by atoms with Crippen molar-refractivity contribution in [3.8, 4) is 0 Å². The Morgan fingerprint density at radius 3 is 2.30 bits per heavy atom. The number of halogens is 4. The summed E-state index contributed by atoms with van der Waals surface area (Å²) in [6.07, 6.45) is 0. The summed E-state index contributed by atoms with van der Waals surface area (Å²) in [7, 11) is 0. The Hall–Kier alpha value is 0.460. The molecule has 0 saturated carbocycles. The third-order valence-electron chi connectivity index (χ3n) is 0.963. The Morgan fingerprint density at radius 2 is 1.80 bits per heavy atom. The van der Waals surface area contributed by atoms with Crippen LogP contribution >= 0.6 is 45.8 Å². The Labute approximate surface area is 81.5 Å². The lowest BCUT2D eigenvalue weighted by Gasteiger charge is -1.96. The first-order valence-corrected chi connectivity index (χ1v) is 4.25. The summed E-state index contributed by atoms with van der Waals surface area (Å²) < 4.78 is 13.3. The number of hydrogen-bond acceptors (Lipinski definition) is 0. The summed E-state index contributed by atoms with van der Waals surface area (Å²) in [4.78, 5) is 0. The molecule has 0 aliphatic carbocycles. The van der Waals surface area contributed by atoms with Crippen molar-refractivity contribution < 1.29 is 4.39 Å². The molecule has 0 bridgehead atoms. The quantitative estimate of drug-likeness (QED) is 0.504. The van der Waals surface area contributed by atoms with Crippen LogP contribution < -0.4 is 0 Å². The van der Waals surface area contributed by atoms with E-state index in [4.69, 9.17) is 23.2 Å². The Morgan fingerprint density at radius 1 is 1.20 bits per heavy atom. The molecule has 1 rings (SSSR count). The van der Waals surface area contributed by atoms with E-state index in [9.17, 15) is 4.39 Å². The van der Waals surface area contributed by atoms with Crippen LogP contribution in [0.5, 0.6) is 0 Å². The molecule has 0 aliphatic heterocycles. The van der Waals surface area contributed by atoms with Gasteiger partial charge in [0.15, 0.2) is 0 Å². The van der Waals surface area contributed by atoms with Crippen molar-refractivity contribution in [2.45, 2.75) is 0 Å². The van der Waals surface area contributed by atoms with E-state index in [0.717, 1.165) is 3.57 Å². The maximum atomic E-state index is 12.5. The molecule has 0 fully saturated rings. The van der Waals surface area contributed by atoms with Crippen LogP contribution in [0.1, 0.15) is 0 Å². The van der Waals surface area contributed by atoms with Crippen molar-refractivity contribution in [2.24, 2.45) is 0 Å². The molecule has 0 N–H and O–H groups in total. The molecule has 1 aromatic rings. The van der Waals surface area contributed by atoms with E-state index in [1.807, 2.05) is 22.6 Å². The summed E-state index contributed by atoms with van der Waals surface area (Å²) >= 11 is 13.0. The van der Waals surface area contributed by atoms with E-state index >= 15 is 0 Å². The molecule has 0 heterocycles. The second-order valence-corrected chi connectivity index (χ2v) is 3.66. The molecule has 0 saturated heterocycles. The summed E-state index contributed by atoms with van der Waals surface area (Å²) in [6, 6.07) is 2.69. The second kappa shape index (κ2) is 3.24.